The van der Waals surface area contributed by atoms with Gasteiger partial charge in [0.05, 0.1) is 10.7 Å². The van der Waals surface area contributed by atoms with Crippen molar-refractivity contribution in [3.63, 3.8) is 0 Å². The van der Waals surface area contributed by atoms with Gasteiger partial charge in [0, 0.05) is 19.1 Å². The molecule has 0 radical (unpaired) electrons. The highest BCUT2D eigenvalue weighted by atomic mass is 28.3. The Kier molecular flexibility index (Phi) is 8.95. The highest BCUT2D eigenvalue weighted by Gasteiger charge is 2.60. The van der Waals surface area contributed by atoms with Crippen molar-refractivity contribution in [2.45, 2.75) is 69.1 Å². The van der Waals surface area contributed by atoms with Crippen LogP contribution in [-0.4, -0.2) is 70.6 Å². The Balaban J connectivity index is 1.81. The second-order valence-corrected chi connectivity index (χ2v) is 16.1. The summed E-state index contributed by atoms with van der Waals surface area (Å²) in [5.74, 6) is -0.314. The van der Waals surface area contributed by atoms with Crippen LogP contribution in [0.15, 0.2) is 84.9 Å². The van der Waals surface area contributed by atoms with E-state index in [1.54, 1.807) is 0 Å². The van der Waals surface area contributed by atoms with E-state index in [1.807, 2.05) is 81.4 Å². The van der Waals surface area contributed by atoms with Crippen molar-refractivity contribution in [3.8, 4) is 5.75 Å². The SMILES string of the molecule is CC(=O)N[C@H]1[C@H](Oc2ccc([N+](=O)[O-])cc2)O[C@H](C(O)[Si](c2ccccc2)(c2ccccc2)C(C)(C)C)[C@@H](O)[C@@H]1O. The van der Waals surface area contributed by atoms with Crippen LogP contribution in [0, 0.1) is 10.1 Å². The fourth-order valence-corrected chi connectivity index (χ4v) is 11.7. The molecule has 4 rings (SSSR count). The Labute approximate surface area is 239 Å². The van der Waals surface area contributed by atoms with E-state index in [4.69, 9.17) is 9.47 Å². The number of benzene rings is 3. The summed E-state index contributed by atoms with van der Waals surface area (Å²) in [6, 6.07) is 23.3. The molecule has 0 aliphatic carbocycles. The molecule has 3 aromatic carbocycles. The molecule has 10 nitrogen and oxygen atoms in total. The molecule has 0 bridgehead atoms. The lowest BCUT2D eigenvalue weighted by Crippen LogP contribution is -2.78. The van der Waals surface area contributed by atoms with Crippen LogP contribution in [0.1, 0.15) is 27.7 Å². The smallest absolute Gasteiger partial charge is 0.269 e. The molecule has 0 saturated carbocycles. The van der Waals surface area contributed by atoms with E-state index in [0.717, 1.165) is 10.4 Å². The van der Waals surface area contributed by atoms with E-state index in [-0.39, 0.29) is 11.4 Å². The number of hydrogen-bond acceptors (Lipinski definition) is 8. The van der Waals surface area contributed by atoms with E-state index in [9.17, 15) is 30.2 Å². The van der Waals surface area contributed by atoms with Crippen molar-refractivity contribution in [2.75, 3.05) is 0 Å². The molecule has 11 heteroatoms. The zero-order chi connectivity index (χ0) is 29.9. The van der Waals surface area contributed by atoms with Gasteiger partial charge < -0.3 is 30.1 Å². The third-order valence-electron chi connectivity index (χ3n) is 7.70. The molecule has 41 heavy (non-hydrogen) atoms. The van der Waals surface area contributed by atoms with E-state index in [0.29, 0.717) is 0 Å². The van der Waals surface area contributed by atoms with Crippen molar-refractivity contribution in [2.24, 2.45) is 0 Å². The zero-order valence-corrected chi connectivity index (χ0v) is 24.4. The topological polar surface area (TPSA) is 151 Å². The fraction of sp³-hybridized carbons (Fsp3) is 0.367. The number of carbonyl (C=O) groups excluding carboxylic acids is 1. The maximum atomic E-state index is 12.4. The number of carbonyl (C=O) groups is 1. The molecule has 4 N–H and O–H groups in total. The van der Waals surface area contributed by atoms with Gasteiger partial charge in [-0.05, 0) is 17.2 Å². The van der Waals surface area contributed by atoms with Crippen LogP contribution in [0.4, 0.5) is 5.69 Å². The number of amides is 1. The summed E-state index contributed by atoms with van der Waals surface area (Å²) in [4.78, 5) is 22.6. The minimum Gasteiger partial charge on any atom is -0.463 e. The van der Waals surface area contributed by atoms with Gasteiger partial charge in [0.1, 0.15) is 30.1 Å². The first-order valence-corrected chi connectivity index (χ1v) is 15.4. The quantitative estimate of drug-likeness (QED) is 0.179. The minimum atomic E-state index is -3.27. The average Bonchev–Trinajstić information content (AvgIpc) is 2.93. The third-order valence-corrected chi connectivity index (χ3v) is 13.8. The van der Waals surface area contributed by atoms with Crippen LogP contribution in [0.2, 0.25) is 5.04 Å². The largest absolute Gasteiger partial charge is 0.463 e. The summed E-state index contributed by atoms with van der Waals surface area (Å²) >= 11 is 0. The Morgan fingerprint density at radius 1 is 0.951 bits per heavy atom. The normalized spacial score (nSPS) is 23.8. The Hall–Kier alpha value is -3.61. The first-order valence-electron chi connectivity index (χ1n) is 13.4. The summed E-state index contributed by atoms with van der Waals surface area (Å²) in [7, 11) is -3.27. The lowest BCUT2D eigenvalue weighted by Gasteiger charge is -2.52. The summed E-state index contributed by atoms with van der Waals surface area (Å²) in [6.07, 6.45) is -5.80. The summed E-state index contributed by atoms with van der Waals surface area (Å²) in [5, 5.41) is 50.1. The summed E-state index contributed by atoms with van der Waals surface area (Å²) in [6.45, 7) is 7.38. The van der Waals surface area contributed by atoms with Crippen LogP contribution in [0.5, 0.6) is 5.75 Å². The summed E-state index contributed by atoms with van der Waals surface area (Å²) < 4.78 is 12.3. The highest BCUT2D eigenvalue weighted by molar-refractivity contribution is 7.05. The molecule has 1 unspecified atom stereocenters. The van der Waals surface area contributed by atoms with Gasteiger partial charge in [-0.1, -0.05) is 91.8 Å². The molecule has 1 amide bonds. The van der Waals surface area contributed by atoms with Crippen molar-refractivity contribution in [1.82, 2.24) is 5.32 Å². The molecule has 0 spiro atoms. The predicted octanol–water partition coefficient (Wildman–Crippen LogP) is 1.89. The van der Waals surface area contributed by atoms with Gasteiger partial charge in [-0.3, -0.25) is 14.9 Å². The van der Waals surface area contributed by atoms with Gasteiger partial charge in [0.25, 0.3) is 5.69 Å². The number of aliphatic hydroxyl groups is 3. The monoisotopic (exact) mass is 580 g/mol. The molecule has 3 aromatic rings. The standard InChI is InChI=1S/C30H36N2O8Si/c1-19(33)31-24-25(34)26(35)27(40-29(24)39-21-17-15-20(16-18-21)32(37)38)28(36)41(30(2,3)4,22-11-7-5-8-12-22)23-13-9-6-10-14-23/h5-18,24-29,34-36H,1-4H3,(H,31,33)/t24-,25-,26+,27+,28?,29-/m1/s1. The van der Waals surface area contributed by atoms with Crippen LogP contribution >= 0.6 is 0 Å². The van der Waals surface area contributed by atoms with Gasteiger partial charge in [-0.15, -0.1) is 0 Å². The molecule has 1 saturated heterocycles. The van der Waals surface area contributed by atoms with Gasteiger partial charge >= 0.3 is 0 Å². The first kappa shape index (κ1) is 30.3. The molecule has 1 aliphatic heterocycles. The van der Waals surface area contributed by atoms with E-state index in [2.05, 4.69) is 5.32 Å². The Morgan fingerprint density at radius 2 is 1.46 bits per heavy atom. The second-order valence-electron chi connectivity index (χ2n) is 11.3. The van der Waals surface area contributed by atoms with Crippen LogP contribution < -0.4 is 20.4 Å². The summed E-state index contributed by atoms with van der Waals surface area (Å²) in [5.41, 5.74) is -1.42. The van der Waals surface area contributed by atoms with Gasteiger partial charge in [-0.2, -0.15) is 0 Å². The Bertz CT molecular complexity index is 1290. The predicted molar refractivity (Wildman–Crippen MR) is 156 cm³/mol. The van der Waals surface area contributed by atoms with Crippen LogP contribution in [0.25, 0.3) is 0 Å². The third kappa shape index (κ3) is 5.90. The molecule has 1 heterocycles. The van der Waals surface area contributed by atoms with Crippen LogP contribution in [-0.2, 0) is 9.53 Å². The fourth-order valence-electron chi connectivity index (χ4n) is 5.89. The van der Waals surface area contributed by atoms with Crippen LogP contribution in [0.3, 0.4) is 0 Å². The molecule has 1 aliphatic rings. The van der Waals surface area contributed by atoms with E-state index in [1.165, 1.54) is 31.2 Å². The number of non-ortho nitro benzene ring substituents is 1. The maximum absolute atomic E-state index is 12.4. The minimum absolute atomic E-state index is 0.143. The number of nitrogens with zero attached hydrogens (tertiary/aromatic N) is 1. The lowest BCUT2D eigenvalue weighted by atomic mass is 9.96. The molecular formula is C30H36N2O8Si. The number of rotatable bonds is 8. The number of nitrogens with one attached hydrogen (secondary N) is 1. The lowest BCUT2D eigenvalue weighted by molar-refractivity contribution is -0.384. The molecular weight excluding hydrogens is 544 g/mol. The van der Waals surface area contributed by atoms with Gasteiger partial charge in [0.2, 0.25) is 12.2 Å². The number of aliphatic hydroxyl groups excluding tert-OH is 3. The van der Waals surface area contributed by atoms with Crippen molar-refractivity contribution >= 4 is 30.0 Å². The van der Waals surface area contributed by atoms with E-state index >= 15 is 0 Å². The van der Waals surface area contributed by atoms with Crippen molar-refractivity contribution < 1.29 is 34.5 Å². The molecule has 218 valence electrons. The maximum Gasteiger partial charge on any atom is 0.269 e. The first-order chi connectivity index (χ1) is 19.4. The van der Waals surface area contributed by atoms with Gasteiger partial charge in [0.15, 0.2) is 8.07 Å². The second kappa shape index (κ2) is 12.1. The highest BCUT2D eigenvalue weighted by Crippen LogP contribution is 2.41. The average molecular weight is 581 g/mol. The van der Waals surface area contributed by atoms with Gasteiger partial charge in [-0.25, -0.2) is 0 Å². The molecule has 1 fully saturated rings. The molecule has 6 atom stereocenters. The van der Waals surface area contributed by atoms with E-state index < -0.39 is 60.3 Å². The number of nitro groups is 1. The zero-order valence-electron chi connectivity index (χ0n) is 23.4. The molecule has 0 aromatic heterocycles. The Morgan fingerprint density at radius 3 is 1.90 bits per heavy atom. The number of ether oxygens (including phenoxy) is 2. The number of hydrogen-bond donors (Lipinski definition) is 4. The van der Waals surface area contributed by atoms with Crippen molar-refractivity contribution in [1.29, 1.82) is 0 Å². The number of nitro benzene ring substituents is 1. The van der Waals surface area contributed by atoms with Crippen molar-refractivity contribution in [3.05, 3.63) is 95.0 Å².